The Bertz CT molecular complexity index is 1310. The van der Waals surface area contributed by atoms with Crippen LogP contribution in [-0.4, -0.2) is 47.7 Å². The van der Waals surface area contributed by atoms with Gasteiger partial charge in [0.2, 0.25) is 0 Å². The number of benzene rings is 3. The molecule has 0 aromatic heterocycles. The van der Waals surface area contributed by atoms with Crippen LogP contribution in [0.5, 0.6) is 17.2 Å². The molecule has 1 N–H and O–H groups in total. The third-order valence-electron chi connectivity index (χ3n) is 5.59. The van der Waals surface area contributed by atoms with E-state index in [4.69, 9.17) is 25.8 Å². The minimum atomic E-state index is -3.95. The lowest BCUT2D eigenvalue weighted by atomic mass is 10.1. The Morgan fingerprint density at radius 3 is 2.49 bits per heavy atom. The van der Waals surface area contributed by atoms with Crippen LogP contribution in [0.4, 0.5) is 5.69 Å². The van der Waals surface area contributed by atoms with Gasteiger partial charge in [-0.3, -0.25) is 9.10 Å². The van der Waals surface area contributed by atoms with Gasteiger partial charge < -0.3 is 19.5 Å². The second-order valence-electron chi connectivity index (χ2n) is 7.79. The highest BCUT2D eigenvalue weighted by atomic mass is 35.5. The van der Waals surface area contributed by atoms with Gasteiger partial charge in [0.15, 0.2) is 17.6 Å². The van der Waals surface area contributed by atoms with Gasteiger partial charge in [-0.2, -0.15) is 0 Å². The molecule has 1 aliphatic rings. The molecule has 1 atom stereocenters. The first-order valence-electron chi connectivity index (χ1n) is 10.9. The van der Waals surface area contributed by atoms with E-state index < -0.39 is 22.0 Å². The average molecular weight is 517 g/mol. The molecular weight excluding hydrogens is 492 g/mol. The maximum Gasteiger partial charge on any atom is 0.264 e. The Balaban J connectivity index is 1.49. The Labute approximate surface area is 209 Å². The van der Waals surface area contributed by atoms with Crippen LogP contribution in [0, 0.1) is 0 Å². The number of fused-ring (bicyclic) bond motifs is 1. The lowest BCUT2D eigenvalue weighted by molar-refractivity contribution is -0.127. The highest BCUT2D eigenvalue weighted by molar-refractivity contribution is 7.92. The maximum atomic E-state index is 13.4. The number of nitrogens with zero attached hydrogens (tertiary/aromatic N) is 1. The van der Waals surface area contributed by atoms with E-state index in [-0.39, 0.29) is 11.4 Å². The molecule has 0 radical (unpaired) electrons. The van der Waals surface area contributed by atoms with E-state index in [1.165, 1.54) is 28.6 Å². The van der Waals surface area contributed by atoms with Crippen molar-refractivity contribution >= 4 is 33.2 Å². The molecule has 184 valence electrons. The fourth-order valence-corrected chi connectivity index (χ4v) is 5.38. The van der Waals surface area contributed by atoms with Gasteiger partial charge in [-0.05, 0) is 60.5 Å². The molecule has 0 saturated heterocycles. The van der Waals surface area contributed by atoms with Crippen LogP contribution in [0.1, 0.15) is 5.56 Å². The zero-order valence-electron chi connectivity index (χ0n) is 19.2. The van der Waals surface area contributed by atoms with Crippen LogP contribution in [0.15, 0.2) is 71.6 Å². The first kappa shape index (κ1) is 24.7. The Kier molecular flexibility index (Phi) is 7.37. The number of anilines is 1. The molecule has 0 aliphatic carbocycles. The largest absolute Gasteiger partial charge is 0.493 e. The predicted octanol–water partition coefficient (Wildman–Crippen LogP) is 3.67. The van der Waals surface area contributed by atoms with Gasteiger partial charge in [0.05, 0.1) is 31.3 Å². The molecule has 10 heteroatoms. The summed E-state index contributed by atoms with van der Waals surface area (Å²) in [6.07, 6.45) is -0.472. The number of carbonyl (C=O) groups is 1. The van der Waals surface area contributed by atoms with Gasteiger partial charge in [-0.1, -0.05) is 29.8 Å². The second kappa shape index (κ2) is 10.5. The highest BCUT2D eigenvalue weighted by Crippen LogP contribution is 2.37. The quantitative estimate of drug-likeness (QED) is 0.491. The molecule has 0 spiro atoms. The average Bonchev–Trinajstić information content (AvgIpc) is 2.88. The van der Waals surface area contributed by atoms with E-state index in [1.54, 1.807) is 44.6 Å². The number of rotatable bonds is 8. The van der Waals surface area contributed by atoms with Crippen molar-refractivity contribution in [3.8, 4) is 17.2 Å². The van der Waals surface area contributed by atoms with Crippen LogP contribution in [0.3, 0.4) is 0 Å². The van der Waals surface area contributed by atoms with E-state index >= 15 is 0 Å². The third-order valence-corrected chi connectivity index (χ3v) is 7.64. The summed E-state index contributed by atoms with van der Waals surface area (Å²) in [6.45, 7) is 0.171. The summed E-state index contributed by atoms with van der Waals surface area (Å²) >= 11 is 5.92. The van der Waals surface area contributed by atoms with Crippen molar-refractivity contribution in [1.82, 2.24) is 5.32 Å². The van der Waals surface area contributed by atoms with Crippen LogP contribution >= 0.6 is 11.6 Å². The summed E-state index contributed by atoms with van der Waals surface area (Å²) < 4.78 is 44.5. The van der Waals surface area contributed by atoms with Crippen molar-refractivity contribution < 1.29 is 27.4 Å². The molecule has 3 aromatic carbocycles. The van der Waals surface area contributed by atoms with E-state index in [2.05, 4.69) is 5.32 Å². The standard InChI is InChI=1S/C25H25ClN2O6S/c1-32-22-12-7-17(15-23(22)33-2)13-14-27-25(29)24-16-28(20-5-3-4-6-21(20)34-24)35(30,31)19-10-8-18(26)9-11-19/h3-12,15,24H,13-14,16H2,1-2H3,(H,27,29)/t24-/m0/s1. The molecule has 3 aromatic rings. The lowest BCUT2D eigenvalue weighted by Gasteiger charge is -2.34. The summed E-state index contributed by atoms with van der Waals surface area (Å²) in [7, 11) is -0.821. The summed E-state index contributed by atoms with van der Waals surface area (Å²) in [4.78, 5) is 13.0. The number of methoxy groups -OCH3 is 2. The van der Waals surface area contributed by atoms with Crippen LogP contribution in [0.25, 0.3) is 0 Å². The van der Waals surface area contributed by atoms with Crippen molar-refractivity contribution in [2.24, 2.45) is 0 Å². The Morgan fingerprint density at radius 2 is 1.77 bits per heavy atom. The van der Waals surface area contributed by atoms with Crippen molar-refractivity contribution in [2.45, 2.75) is 17.4 Å². The first-order valence-corrected chi connectivity index (χ1v) is 12.7. The SMILES string of the molecule is COc1ccc(CCNC(=O)[C@@H]2CN(S(=O)(=O)c3ccc(Cl)cc3)c3ccccc3O2)cc1OC. The Morgan fingerprint density at radius 1 is 1.06 bits per heavy atom. The zero-order valence-corrected chi connectivity index (χ0v) is 20.8. The normalized spacial score (nSPS) is 15.1. The number of hydrogen-bond acceptors (Lipinski definition) is 6. The smallest absolute Gasteiger partial charge is 0.264 e. The molecule has 35 heavy (non-hydrogen) atoms. The predicted molar refractivity (Wildman–Crippen MR) is 133 cm³/mol. The van der Waals surface area contributed by atoms with Gasteiger partial charge in [-0.15, -0.1) is 0 Å². The molecule has 1 amide bonds. The number of carbonyl (C=O) groups excluding carboxylic acids is 1. The fraction of sp³-hybridized carbons (Fsp3) is 0.240. The van der Waals surface area contributed by atoms with Gasteiger partial charge in [-0.25, -0.2) is 8.42 Å². The number of nitrogens with one attached hydrogen (secondary N) is 1. The van der Waals surface area contributed by atoms with Gasteiger partial charge in [0, 0.05) is 11.6 Å². The van der Waals surface area contributed by atoms with Crippen molar-refractivity contribution in [2.75, 3.05) is 31.6 Å². The molecule has 0 bridgehead atoms. The number of para-hydroxylation sites is 2. The molecule has 4 rings (SSSR count). The van der Waals surface area contributed by atoms with Gasteiger partial charge >= 0.3 is 0 Å². The van der Waals surface area contributed by atoms with Crippen LogP contribution in [-0.2, 0) is 21.2 Å². The van der Waals surface area contributed by atoms with Crippen molar-refractivity contribution in [3.05, 3.63) is 77.3 Å². The minimum Gasteiger partial charge on any atom is -0.493 e. The number of ether oxygens (including phenoxy) is 3. The van der Waals surface area contributed by atoms with Gasteiger partial charge in [0.25, 0.3) is 15.9 Å². The van der Waals surface area contributed by atoms with Gasteiger partial charge in [0.1, 0.15) is 5.75 Å². The monoisotopic (exact) mass is 516 g/mol. The molecule has 0 fully saturated rings. The molecular formula is C25H25ClN2O6S. The molecule has 1 aliphatic heterocycles. The molecule has 1 heterocycles. The maximum absolute atomic E-state index is 13.4. The Hall–Kier alpha value is -3.43. The summed E-state index contributed by atoms with van der Waals surface area (Å²) in [5.41, 5.74) is 1.32. The minimum absolute atomic E-state index is 0.0752. The topological polar surface area (TPSA) is 94.2 Å². The second-order valence-corrected chi connectivity index (χ2v) is 10.1. The zero-order chi connectivity index (χ0) is 25.0. The number of halogens is 1. The lowest BCUT2D eigenvalue weighted by Crippen LogP contribution is -2.51. The van der Waals surface area contributed by atoms with E-state index in [0.717, 1.165) is 5.56 Å². The number of hydrogen-bond donors (Lipinski definition) is 1. The summed E-state index contributed by atoms with van der Waals surface area (Å²) in [5.74, 6) is 1.13. The summed E-state index contributed by atoms with van der Waals surface area (Å²) in [5, 5.41) is 3.27. The van der Waals surface area contributed by atoms with E-state index in [0.29, 0.717) is 40.9 Å². The fourth-order valence-electron chi connectivity index (χ4n) is 3.78. The molecule has 0 unspecified atom stereocenters. The van der Waals surface area contributed by atoms with E-state index in [1.807, 2.05) is 12.1 Å². The molecule has 8 nitrogen and oxygen atoms in total. The van der Waals surface area contributed by atoms with Crippen LogP contribution in [0.2, 0.25) is 5.02 Å². The van der Waals surface area contributed by atoms with Crippen molar-refractivity contribution in [3.63, 3.8) is 0 Å². The van der Waals surface area contributed by atoms with E-state index in [9.17, 15) is 13.2 Å². The highest BCUT2D eigenvalue weighted by Gasteiger charge is 2.37. The van der Waals surface area contributed by atoms with Crippen LogP contribution < -0.4 is 23.8 Å². The van der Waals surface area contributed by atoms with Crippen molar-refractivity contribution in [1.29, 1.82) is 0 Å². The summed E-state index contributed by atoms with van der Waals surface area (Å²) in [6, 6.07) is 18.2. The number of amides is 1. The first-order chi connectivity index (χ1) is 16.8. The number of sulfonamides is 1. The third kappa shape index (κ3) is 5.31. The molecule has 0 saturated carbocycles.